The predicted octanol–water partition coefficient (Wildman–Crippen LogP) is 2.96. The van der Waals surface area contributed by atoms with E-state index in [9.17, 15) is 19.5 Å². The minimum atomic E-state index is -0.826. The molecule has 232 valence electrons. The Morgan fingerprint density at radius 1 is 1.21 bits per heavy atom. The van der Waals surface area contributed by atoms with Crippen molar-refractivity contribution in [2.75, 3.05) is 26.2 Å². The summed E-state index contributed by atoms with van der Waals surface area (Å²) in [6.07, 6.45) is 3.22. The molecule has 3 aromatic rings. The van der Waals surface area contributed by atoms with E-state index in [-0.39, 0.29) is 54.0 Å². The highest BCUT2D eigenvalue weighted by molar-refractivity contribution is 5.94. The number of hydrogen-bond donors (Lipinski definition) is 2. The molecule has 3 heterocycles. The van der Waals surface area contributed by atoms with E-state index < -0.39 is 11.7 Å². The minimum absolute atomic E-state index is 0.0615. The van der Waals surface area contributed by atoms with Gasteiger partial charge in [0.2, 0.25) is 0 Å². The van der Waals surface area contributed by atoms with Gasteiger partial charge in [0.05, 0.1) is 17.3 Å². The molecule has 1 aromatic carbocycles. The first-order chi connectivity index (χ1) is 20.6. The Labute approximate surface area is 250 Å². The number of aromatic nitrogens is 3. The molecule has 3 atom stereocenters. The molecular weight excluding hydrogens is 554 g/mol. The van der Waals surface area contributed by atoms with Crippen molar-refractivity contribution in [3.63, 3.8) is 0 Å². The molecule has 12 nitrogen and oxygen atoms in total. The average molecular weight is 596 g/mol. The Morgan fingerprint density at radius 3 is 2.70 bits per heavy atom. The molecule has 1 saturated carbocycles. The van der Waals surface area contributed by atoms with Crippen LogP contribution in [0.2, 0.25) is 0 Å². The van der Waals surface area contributed by atoms with Gasteiger partial charge in [0.1, 0.15) is 0 Å². The van der Waals surface area contributed by atoms with Gasteiger partial charge in [0.25, 0.3) is 5.91 Å². The van der Waals surface area contributed by atoms with Gasteiger partial charge in [-0.25, -0.2) is 9.48 Å². The van der Waals surface area contributed by atoms with E-state index >= 15 is 0 Å². The maximum atomic E-state index is 14.3. The van der Waals surface area contributed by atoms with E-state index in [0.717, 1.165) is 23.4 Å². The van der Waals surface area contributed by atoms with Crippen molar-refractivity contribution in [1.29, 1.82) is 0 Å². The number of nitrogens with one attached hydrogen (secondary N) is 1. The first-order valence-corrected chi connectivity index (χ1v) is 15.0. The van der Waals surface area contributed by atoms with Gasteiger partial charge in [-0.1, -0.05) is 37.3 Å². The number of nitrogens with zero attached hydrogens (tertiary/aromatic N) is 4. The summed E-state index contributed by atoms with van der Waals surface area (Å²) in [7, 11) is 0. The van der Waals surface area contributed by atoms with Gasteiger partial charge < -0.3 is 28.9 Å². The summed E-state index contributed by atoms with van der Waals surface area (Å²) >= 11 is 0. The van der Waals surface area contributed by atoms with Crippen molar-refractivity contribution >= 4 is 11.9 Å². The molecule has 2 N–H and O–H groups in total. The molecule has 43 heavy (non-hydrogen) atoms. The van der Waals surface area contributed by atoms with Crippen LogP contribution in [-0.2, 0) is 22.6 Å². The molecule has 2 fully saturated rings. The Bertz CT molecular complexity index is 1510. The molecular formula is C31H41N5O7. The van der Waals surface area contributed by atoms with Gasteiger partial charge in [-0.05, 0) is 63.5 Å². The zero-order valence-corrected chi connectivity index (χ0v) is 25.3. The lowest BCUT2D eigenvalue weighted by Gasteiger charge is -2.33. The molecule has 1 saturated heterocycles. The normalized spacial score (nSPS) is 21.3. The third-order valence-electron chi connectivity index (χ3n) is 8.51. The van der Waals surface area contributed by atoms with Crippen molar-refractivity contribution in [2.24, 2.45) is 17.3 Å². The van der Waals surface area contributed by atoms with Crippen LogP contribution < -0.4 is 11.1 Å². The van der Waals surface area contributed by atoms with Crippen molar-refractivity contribution in [3.05, 3.63) is 63.4 Å². The Morgan fingerprint density at radius 2 is 2.00 bits per heavy atom. The second-order valence-corrected chi connectivity index (χ2v) is 12.3. The highest BCUT2D eigenvalue weighted by atomic mass is 16.6. The number of hydrogen-bond acceptors (Lipinski definition) is 10. The third-order valence-corrected chi connectivity index (χ3v) is 8.51. The maximum Gasteiger partial charge on any atom is 0.519 e. The number of piperidine rings is 1. The van der Waals surface area contributed by atoms with E-state index in [1.54, 1.807) is 11.6 Å². The highest BCUT2D eigenvalue weighted by Gasteiger charge is 2.60. The van der Waals surface area contributed by atoms with Crippen LogP contribution in [0, 0.1) is 31.1 Å². The highest BCUT2D eigenvalue weighted by Crippen LogP contribution is 2.55. The van der Waals surface area contributed by atoms with Gasteiger partial charge in [-0.15, -0.1) is 5.10 Å². The summed E-state index contributed by atoms with van der Waals surface area (Å²) in [5.74, 6) is -1.06. The summed E-state index contributed by atoms with van der Waals surface area (Å²) in [4.78, 5) is 40.5. The Hall–Kier alpha value is -3.77. The Kier molecular flexibility index (Phi) is 9.16. The van der Waals surface area contributed by atoms with E-state index in [4.69, 9.17) is 13.6 Å². The van der Waals surface area contributed by atoms with Crippen molar-refractivity contribution < 1.29 is 28.3 Å². The first kappa shape index (κ1) is 30.7. The lowest BCUT2D eigenvalue weighted by Crippen LogP contribution is -2.47. The van der Waals surface area contributed by atoms with Gasteiger partial charge in [-0.3, -0.25) is 9.59 Å². The molecule has 2 aliphatic rings. The van der Waals surface area contributed by atoms with Crippen LogP contribution in [0.1, 0.15) is 72.8 Å². The number of unbranched alkanes of at least 4 members (excludes halogenated alkanes) is 1. The summed E-state index contributed by atoms with van der Waals surface area (Å²) in [5.41, 5.74) is 2.70. The minimum Gasteiger partial charge on any atom is -0.457 e. The molecule has 1 aliphatic carbocycles. The average Bonchev–Trinajstić information content (AvgIpc) is 3.30. The van der Waals surface area contributed by atoms with Crippen LogP contribution >= 0.6 is 0 Å². The number of amides is 1. The van der Waals surface area contributed by atoms with Crippen molar-refractivity contribution in [3.8, 4) is 5.69 Å². The van der Waals surface area contributed by atoms with E-state index in [2.05, 4.69) is 29.5 Å². The number of rotatable bonds is 12. The molecule has 0 bridgehead atoms. The van der Waals surface area contributed by atoms with Crippen LogP contribution in [0.4, 0.5) is 0 Å². The number of esters is 1. The molecule has 1 spiro atoms. The molecule has 1 amide bonds. The van der Waals surface area contributed by atoms with Crippen LogP contribution in [0.15, 0.2) is 37.9 Å². The van der Waals surface area contributed by atoms with E-state index in [0.29, 0.717) is 51.0 Å². The topological polar surface area (TPSA) is 153 Å². The standard InChI is InChI=1S/C31H41N5O7/c1-19(2)16-35(28(38)27-24(11-7-8-12-37)36(34-33-27)23-10-6-5-9-20(23)3)26-14-31(26)13-22(15-32-18-31)29(39)41-17-25-21(4)42-30(40)43-25/h5-6,9-10,19,22,26,32,37H,7-8,11-18H2,1-4H3/t22-,26?,31?/m1/s1. The zero-order chi connectivity index (χ0) is 30.7. The molecule has 1 aliphatic heterocycles. The molecule has 0 radical (unpaired) electrons. The quantitative estimate of drug-likeness (QED) is 0.236. The van der Waals surface area contributed by atoms with Gasteiger partial charge in [-0.2, -0.15) is 0 Å². The number of aliphatic hydroxyl groups is 1. The van der Waals surface area contributed by atoms with E-state index in [1.165, 1.54) is 0 Å². The smallest absolute Gasteiger partial charge is 0.457 e. The summed E-state index contributed by atoms with van der Waals surface area (Å²) in [6.45, 7) is 9.36. The predicted molar refractivity (Wildman–Crippen MR) is 156 cm³/mol. The second kappa shape index (κ2) is 12.8. The Balaban J connectivity index is 1.35. The van der Waals surface area contributed by atoms with Crippen LogP contribution in [0.3, 0.4) is 0 Å². The SMILES string of the molecule is Cc1ccccc1-n1nnc(C(=O)N(CC(C)C)C2CC23CNC[C@H](C(=O)OCc2oc(=O)oc2C)C3)c1CCCCO. The monoisotopic (exact) mass is 595 g/mol. The number of carbonyl (C=O) groups is 2. The number of ether oxygens (including phenoxy) is 1. The summed E-state index contributed by atoms with van der Waals surface area (Å²) in [6, 6.07) is 7.80. The van der Waals surface area contributed by atoms with E-state index in [1.807, 2.05) is 36.1 Å². The van der Waals surface area contributed by atoms with Crippen LogP contribution in [0.5, 0.6) is 0 Å². The molecule has 5 rings (SSSR count). The zero-order valence-electron chi connectivity index (χ0n) is 25.3. The largest absolute Gasteiger partial charge is 0.519 e. The number of carbonyl (C=O) groups excluding carboxylic acids is 2. The molecule has 2 aromatic heterocycles. The number of aryl methyl sites for hydroxylation is 2. The summed E-state index contributed by atoms with van der Waals surface area (Å²) in [5, 5.41) is 21.6. The van der Waals surface area contributed by atoms with Crippen LogP contribution in [0.25, 0.3) is 5.69 Å². The van der Waals surface area contributed by atoms with Gasteiger partial charge >= 0.3 is 11.8 Å². The van der Waals surface area contributed by atoms with Crippen molar-refractivity contribution in [1.82, 2.24) is 25.2 Å². The lowest BCUT2D eigenvalue weighted by molar-refractivity contribution is -0.151. The second-order valence-electron chi connectivity index (χ2n) is 12.3. The number of aliphatic hydroxyl groups excluding tert-OH is 1. The molecule has 2 unspecified atom stereocenters. The first-order valence-electron chi connectivity index (χ1n) is 15.0. The third kappa shape index (κ3) is 6.59. The van der Waals surface area contributed by atoms with Crippen LogP contribution in [-0.4, -0.2) is 69.2 Å². The fraction of sp³-hybridized carbons (Fsp3) is 0.581. The fourth-order valence-electron chi connectivity index (χ4n) is 6.21. The van der Waals surface area contributed by atoms with Gasteiger partial charge in [0.15, 0.2) is 23.8 Å². The number of para-hydroxylation sites is 1. The summed E-state index contributed by atoms with van der Waals surface area (Å²) < 4.78 is 17.0. The van der Waals surface area contributed by atoms with Crippen molar-refractivity contribution in [2.45, 2.75) is 72.4 Å². The molecule has 12 heteroatoms. The number of benzene rings is 1. The maximum absolute atomic E-state index is 14.3. The van der Waals surface area contributed by atoms with Gasteiger partial charge in [0, 0.05) is 37.7 Å². The fourth-order valence-corrected chi connectivity index (χ4v) is 6.21. The lowest BCUT2D eigenvalue weighted by atomic mass is 9.87.